The molecule has 0 spiro atoms. The van der Waals surface area contributed by atoms with Crippen molar-refractivity contribution in [2.75, 3.05) is 0 Å². The SMILES string of the molecule is N#CCc1cc(C(F)F)cnc1CN. The van der Waals surface area contributed by atoms with Crippen molar-refractivity contribution in [3.8, 4) is 6.07 Å². The summed E-state index contributed by atoms with van der Waals surface area (Å²) in [5.41, 5.74) is 6.15. The second-order valence-electron chi connectivity index (χ2n) is 2.71. The lowest BCUT2D eigenvalue weighted by Gasteiger charge is -2.05. The van der Waals surface area contributed by atoms with E-state index in [9.17, 15) is 8.78 Å². The summed E-state index contributed by atoms with van der Waals surface area (Å²) in [6, 6.07) is 3.17. The molecule has 1 heterocycles. The average molecular weight is 197 g/mol. The number of nitrogens with zero attached hydrogens (tertiary/aromatic N) is 2. The van der Waals surface area contributed by atoms with E-state index in [1.165, 1.54) is 6.07 Å². The van der Waals surface area contributed by atoms with Crippen molar-refractivity contribution in [2.24, 2.45) is 5.73 Å². The molecule has 1 rings (SSSR count). The van der Waals surface area contributed by atoms with Gasteiger partial charge >= 0.3 is 0 Å². The van der Waals surface area contributed by atoms with Crippen molar-refractivity contribution in [3.05, 3.63) is 29.1 Å². The minimum atomic E-state index is -2.56. The molecule has 0 aliphatic carbocycles. The molecule has 0 fully saturated rings. The average Bonchev–Trinajstić information content (AvgIpc) is 2.18. The van der Waals surface area contributed by atoms with Crippen molar-refractivity contribution < 1.29 is 8.78 Å². The number of rotatable bonds is 3. The van der Waals surface area contributed by atoms with Crippen LogP contribution in [0, 0.1) is 11.3 Å². The number of nitriles is 1. The smallest absolute Gasteiger partial charge is 0.265 e. The third kappa shape index (κ3) is 2.24. The van der Waals surface area contributed by atoms with E-state index in [0.717, 1.165) is 6.20 Å². The number of hydrogen-bond donors (Lipinski definition) is 1. The van der Waals surface area contributed by atoms with Crippen molar-refractivity contribution >= 4 is 0 Å². The Labute approximate surface area is 80.2 Å². The molecule has 0 atom stereocenters. The van der Waals surface area contributed by atoms with Gasteiger partial charge in [-0.25, -0.2) is 8.78 Å². The molecule has 2 N–H and O–H groups in total. The normalized spacial score (nSPS) is 10.2. The highest BCUT2D eigenvalue weighted by Crippen LogP contribution is 2.20. The molecule has 1 aromatic heterocycles. The Hall–Kier alpha value is -1.54. The van der Waals surface area contributed by atoms with E-state index in [1.54, 1.807) is 0 Å². The van der Waals surface area contributed by atoms with Gasteiger partial charge in [-0.3, -0.25) is 4.98 Å². The van der Waals surface area contributed by atoms with E-state index < -0.39 is 6.43 Å². The number of alkyl halides is 2. The van der Waals surface area contributed by atoms with Gasteiger partial charge in [0.05, 0.1) is 18.2 Å². The highest BCUT2D eigenvalue weighted by atomic mass is 19.3. The third-order valence-corrected chi connectivity index (χ3v) is 1.80. The highest BCUT2D eigenvalue weighted by Gasteiger charge is 2.10. The first-order valence-electron chi connectivity index (χ1n) is 4.02. The lowest BCUT2D eigenvalue weighted by molar-refractivity contribution is 0.151. The number of nitrogens with two attached hydrogens (primary N) is 1. The summed E-state index contributed by atoms with van der Waals surface area (Å²) in [4.78, 5) is 3.78. The summed E-state index contributed by atoms with van der Waals surface area (Å²) in [5.74, 6) is 0. The number of hydrogen-bond acceptors (Lipinski definition) is 3. The Bertz CT molecular complexity index is 358. The number of pyridine rings is 1. The molecular formula is C9H9F2N3. The van der Waals surface area contributed by atoms with Crippen LogP contribution in [-0.4, -0.2) is 4.98 Å². The van der Waals surface area contributed by atoms with Gasteiger partial charge in [-0.1, -0.05) is 0 Å². The van der Waals surface area contributed by atoms with Crippen LogP contribution < -0.4 is 5.73 Å². The summed E-state index contributed by atoms with van der Waals surface area (Å²) >= 11 is 0. The first-order chi connectivity index (χ1) is 6.69. The molecular weight excluding hydrogens is 188 g/mol. The molecule has 0 aliphatic rings. The lowest BCUT2D eigenvalue weighted by Crippen LogP contribution is -2.05. The number of aromatic nitrogens is 1. The van der Waals surface area contributed by atoms with Crippen molar-refractivity contribution in [1.29, 1.82) is 5.26 Å². The molecule has 0 aliphatic heterocycles. The molecule has 0 saturated heterocycles. The molecule has 3 nitrogen and oxygen atoms in total. The predicted octanol–water partition coefficient (Wildman–Crippen LogP) is 1.54. The molecule has 0 amide bonds. The van der Waals surface area contributed by atoms with Gasteiger partial charge < -0.3 is 5.73 Å². The van der Waals surface area contributed by atoms with Crippen LogP contribution in [-0.2, 0) is 13.0 Å². The van der Waals surface area contributed by atoms with Crippen LogP contribution in [0.2, 0.25) is 0 Å². The van der Waals surface area contributed by atoms with Gasteiger partial charge in [-0.15, -0.1) is 0 Å². The Morgan fingerprint density at radius 3 is 2.79 bits per heavy atom. The van der Waals surface area contributed by atoms with Crippen molar-refractivity contribution in [2.45, 2.75) is 19.4 Å². The van der Waals surface area contributed by atoms with Crippen molar-refractivity contribution in [3.63, 3.8) is 0 Å². The van der Waals surface area contributed by atoms with Crippen LogP contribution >= 0.6 is 0 Å². The first-order valence-corrected chi connectivity index (χ1v) is 4.02. The maximum absolute atomic E-state index is 12.3. The maximum Gasteiger partial charge on any atom is 0.265 e. The summed E-state index contributed by atoms with van der Waals surface area (Å²) in [5, 5.41) is 8.46. The fraction of sp³-hybridized carbons (Fsp3) is 0.333. The van der Waals surface area contributed by atoms with Gasteiger partial charge in [0.1, 0.15) is 0 Å². The Kier molecular flexibility index (Phi) is 3.48. The summed E-state index contributed by atoms with van der Waals surface area (Å²) in [7, 11) is 0. The zero-order valence-corrected chi connectivity index (χ0v) is 7.37. The van der Waals surface area contributed by atoms with Crippen LogP contribution in [0.1, 0.15) is 23.2 Å². The molecule has 0 bridgehead atoms. The Balaban J connectivity index is 3.08. The summed E-state index contributed by atoms with van der Waals surface area (Å²) in [6.07, 6.45) is -1.42. The summed E-state index contributed by atoms with van der Waals surface area (Å²) < 4.78 is 24.5. The predicted molar refractivity (Wildman–Crippen MR) is 46.4 cm³/mol. The van der Waals surface area contributed by atoms with Crippen LogP contribution in [0.4, 0.5) is 8.78 Å². The standard InChI is InChI=1S/C9H9F2N3/c10-9(11)7-3-6(1-2-12)8(4-13)14-5-7/h3,5,9H,1,4,13H2. The zero-order valence-electron chi connectivity index (χ0n) is 7.37. The van der Waals surface area contributed by atoms with E-state index in [4.69, 9.17) is 11.0 Å². The molecule has 0 unspecified atom stereocenters. The van der Waals surface area contributed by atoms with E-state index in [2.05, 4.69) is 4.98 Å². The van der Waals surface area contributed by atoms with Crippen LogP contribution in [0.3, 0.4) is 0 Å². The second kappa shape index (κ2) is 4.63. The lowest BCUT2D eigenvalue weighted by atomic mass is 10.1. The zero-order chi connectivity index (χ0) is 10.6. The fourth-order valence-electron chi connectivity index (χ4n) is 1.10. The first kappa shape index (κ1) is 10.5. The monoisotopic (exact) mass is 197 g/mol. The summed E-state index contributed by atoms with van der Waals surface area (Å²) in [6.45, 7) is 0.153. The Morgan fingerprint density at radius 2 is 2.29 bits per heavy atom. The van der Waals surface area contributed by atoms with E-state index >= 15 is 0 Å². The number of halogens is 2. The maximum atomic E-state index is 12.3. The fourth-order valence-corrected chi connectivity index (χ4v) is 1.10. The minimum Gasteiger partial charge on any atom is -0.325 e. The second-order valence-corrected chi connectivity index (χ2v) is 2.71. The van der Waals surface area contributed by atoms with Crippen LogP contribution in [0.25, 0.3) is 0 Å². The topological polar surface area (TPSA) is 62.7 Å². The van der Waals surface area contributed by atoms with Gasteiger partial charge in [-0.2, -0.15) is 5.26 Å². The molecule has 0 radical (unpaired) electrons. The Morgan fingerprint density at radius 1 is 1.57 bits per heavy atom. The van der Waals surface area contributed by atoms with Gasteiger partial charge in [0.2, 0.25) is 0 Å². The molecule has 14 heavy (non-hydrogen) atoms. The van der Waals surface area contributed by atoms with Crippen LogP contribution in [0.5, 0.6) is 0 Å². The van der Waals surface area contributed by atoms with Crippen molar-refractivity contribution in [1.82, 2.24) is 4.98 Å². The minimum absolute atomic E-state index is 0.0556. The highest BCUT2D eigenvalue weighted by molar-refractivity contribution is 5.28. The largest absolute Gasteiger partial charge is 0.325 e. The van der Waals surface area contributed by atoms with Crippen LogP contribution in [0.15, 0.2) is 12.3 Å². The molecule has 1 aromatic rings. The van der Waals surface area contributed by atoms with E-state index in [1.807, 2.05) is 6.07 Å². The van der Waals surface area contributed by atoms with E-state index in [-0.39, 0.29) is 18.5 Å². The van der Waals surface area contributed by atoms with Gasteiger partial charge in [0.25, 0.3) is 6.43 Å². The van der Waals surface area contributed by atoms with E-state index in [0.29, 0.717) is 11.3 Å². The molecule has 0 saturated carbocycles. The quantitative estimate of drug-likeness (QED) is 0.799. The van der Waals surface area contributed by atoms with Gasteiger partial charge in [-0.05, 0) is 11.6 Å². The van der Waals surface area contributed by atoms with Gasteiger partial charge in [0.15, 0.2) is 0 Å². The van der Waals surface area contributed by atoms with Gasteiger partial charge in [0, 0.05) is 18.3 Å². The third-order valence-electron chi connectivity index (χ3n) is 1.80. The molecule has 0 aromatic carbocycles. The molecule has 5 heteroatoms. The molecule has 74 valence electrons.